The van der Waals surface area contributed by atoms with Gasteiger partial charge in [-0.25, -0.2) is 73.9 Å². The molecule has 13 rings (SSSR count). The maximum absolute atomic E-state index is 13.4. The molecule has 0 aliphatic heterocycles. The Morgan fingerprint density at radius 1 is 0.511 bits per heavy atom. The number of nitrogens with one attached hydrogen (secondary N) is 9. The number of hydrogen-bond donors (Lipinski definition) is 11. The number of rotatable bonds is 36. The molecule has 754 valence electrons. The van der Waals surface area contributed by atoms with Gasteiger partial charge in [-0.1, -0.05) is 112 Å². The number of aromatic nitrogens is 12. The maximum atomic E-state index is 13.4. The second kappa shape index (κ2) is 52.9. The van der Waals surface area contributed by atoms with Crippen molar-refractivity contribution in [2.24, 2.45) is 0 Å². The Kier molecular flexibility index (Phi) is 43.7. The Morgan fingerprint density at radius 3 is 1.23 bits per heavy atom. The van der Waals surface area contributed by atoms with Crippen LogP contribution < -0.4 is 46.5 Å². The van der Waals surface area contributed by atoms with Gasteiger partial charge >= 0.3 is 18.3 Å². The number of nitrogens with two attached hydrogens (primary N) is 1. The van der Waals surface area contributed by atoms with E-state index in [9.17, 15) is 48.1 Å². The molecule has 3 fully saturated rings. The molecule has 3 aliphatic rings. The van der Waals surface area contributed by atoms with Gasteiger partial charge in [-0.3, -0.25) is 13.7 Å². The molecule has 14 N–H and O–H groups in total. The van der Waals surface area contributed by atoms with E-state index < -0.39 is 56.3 Å². The van der Waals surface area contributed by atoms with Gasteiger partial charge in [0.25, 0.3) is 10.1 Å². The average Bonchev–Trinajstić information content (AvgIpc) is 1.73. The number of ether oxygens (including phenoxy) is 5. The number of carbonyl (C=O) groups is 3. The van der Waals surface area contributed by atoms with Crippen LogP contribution >= 0.6 is 49.9 Å². The molecular formula is C88H132BrN21O18S7Si2. The first-order valence-electron chi connectivity index (χ1n) is 45.2. The van der Waals surface area contributed by atoms with Crippen molar-refractivity contribution >= 4 is 154 Å². The van der Waals surface area contributed by atoms with Crippen molar-refractivity contribution in [3.8, 4) is 31.3 Å². The summed E-state index contributed by atoms with van der Waals surface area (Å²) in [6, 6.07) is 24.2. The van der Waals surface area contributed by atoms with Gasteiger partial charge in [-0.05, 0) is 186 Å². The standard InChI is InChI=1S/C29H45N7O5S2Si.C23H31N7O4S2.C21H28BrN3O4S2.C8H18N4OSi.C7H8O3S.H2O/c1-7-32-43(38,39)26-16-23(33-28-35-31-18-36(28)19-40-14-15-44(4,5)6)12-13-24(26)25-17-30-27(42-25)21-8-10-22(11-9-21)34-29(37)41-20(2)3;1-4-27-36(32,33)20-11-17(28-22-25-13-26-30-22)9-10-18(20)19-12-24-21(35-19)15-5-7-16(8-6-15)29-23(31)34-14(2)3;1-4-24-31(27,28)19-11-15(22)7-10-17(19)18-12-23-20(30-18)14-5-8-16(9-6-14)25-21(26)29-13(2)3;1-14(2,3)5-4-13-7-12-6-10-11-8(12)9;1-6-2-4-7(5-3-6)11(8,9)10;/h12-13,16-18,20-22,32H,7-11,14-15,19H2,1-6H3,(H,33,35)(H,34,37);9-16,27H,4-8H2,1-3H3,(H,29,31)(H2,25,26,28,30);7,10-14,16,24H,4-6,8-9H2,1-3H3,(H,25,26);6H,4-5,7H2,1-3H3,(H2,9,11);2-5H,1H3,(H,8,9,10);1H2. The molecule has 0 atom stereocenters. The Hall–Kier alpha value is -9.17. The summed E-state index contributed by atoms with van der Waals surface area (Å²) in [4.78, 5) is 56.6. The number of aryl methyl sites for hydroxylation is 1. The highest BCUT2D eigenvalue weighted by Crippen LogP contribution is 2.44. The van der Waals surface area contributed by atoms with Crippen molar-refractivity contribution in [3.63, 3.8) is 0 Å². The number of H-pyrrole nitrogens is 1. The van der Waals surface area contributed by atoms with Crippen LogP contribution in [0, 0.1) is 6.92 Å². The van der Waals surface area contributed by atoms with Crippen LogP contribution in [-0.4, -0.2) is 207 Å². The lowest BCUT2D eigenvalue weighted by molar-refractivity contribution is 0.0882. The number of halogens is 1. The number of carbonyl (C=O) groups excluding carboxylic acids is 3. The quantitative estimate of drug-likeness (QED) is 0.00752. The van der Waals surface area contributed by atoms with Crippen LogP contribution in [0.25, 0.3) is 31.3 Å². The van der Waals surface area contributed by atoms with Crippen LogP contribution in [0.1, 0.15) is 178 Å². The van der Waals surface area contributed by atoms with E-state index in [1.165, 1.54) is 52.5 Å². The molecule has 0 radical (unpaired) electrons. The number of alkyl carbamates (subject to hydrolysis) is 3. The summed E-state index contributed by atoms with van der Waals surface area (Å²) in [7, 11) is -17.4. The minimum absolute atomic E-state index is 0. The van der Waals surface area contributed by atoms with Gasteiger partial charge in [0.15, 0.2) is 0 Å². The first-order chi connectivity index (χ1) is 64.3. The van der Waals surface area contributed by atoms with Gasteiger partial charge in [0, 0.05) is 136 Å². The Labute approximate surface area is 825 Å². The third-order valence-electron chi connectivity index (χ3n) is 21.3. The van der Waals surface area contributed by atoms with Crippen molar-refractivity contribution in [2.75, 3.05) is 49.2 Å². The topological polar surface area (TPSA) is 550 Å². The van der Waals surface area contributed by atoms with Gasteiger partial charge in [-0.15, -0.1) is 54.4 Å². The summed E-state index contributed by atoms with van der Waals surface area (Å²) >= 11 is 7.94. The van der Waals surface area contributed by atoms with E-state index in [0.717, 1.165) is 131 Å². The van der Waals surface area contributed by atoms with Gasteiger partial charge in [0.05, 0.1) is 67.5 Å². The molecule has 0 spiro atoms. The SMILES string of the molecule is CCNS(=O)(=O)c1cc(Br)ccc1-c1cnc(C2CCC(NC(=O)OC(C)C)CC2)s1.CCNS(=O)(=O)c1cc(Nc2ncn[nH]2)ccc1-c1cnc(C2CCC(NC(=O)OC(C)C)CC2)s1.CCNS(=O)(=O)c1cc(Nc2nncn2COCC[Si](C)(C)C)ccc1-c1cnc(C2CCC(NC(=O)OC(C)C)CC2)s1.C[Si](C)(C)CCOCn1cnnc1N.Cc1ccc(S(=O)(=O)O)cc1.O. The van der Waals surface area contributed by atoms with Crippen molar-refractivity contribution < 1.29 is 81.8 Å². The molecular weight excluding hydrogens is 2000 g/mol. The fraction of sp³-hybridized carbons (Fsp3) is 0.523. The van der Waals surface area contributed by atoms with Crippen LogP contribution in [0.5, 0.6) is 0 Å². The first-order valence-corrected chi connectivity index (χ1v) is 61.8. The molecule has 0 saturated heterocycles. The van der Waals surface area contributed by atoms with Crippen molar-refractivity contribution in [3.05, 3.63) is 141 Å². The zero-order valence-electron chi connectivity index (χ0n) is 80.2. The van der Waals surface area contributed by atoms with Crippen LogP contribution in [0.2, 0.25) is 51.4 Å². The van der Waals surface area contributed by atoms with Crippen LogP contribution in [0.4, 0.5) is 43.6 Å². The highest BCUT2D eigenvalue weighted by atomic mass is 79.9. The van der Waals surface area contributed by atoms with Gasteiger partial charge < -0.3 is 61.5 Å². The van der Waals surface area contributed by atoms with Gasteiger partial charge in [0.2, 0.25) is 47.9 Å². The third-order valence-corrected chi connectivity index (χ3v) is 34.4. The van der Waals surface area contributed by atoms with E-state index in [0.29, 0.717) is 82.9 Å². The lowest BCUT2D eigenvalue weighted by atomic mass is 9.86. The molecule has 49 heteroatoms. The predicted octanol–water partition coefficient (Wildman–Crippen LogP) is 16.7. The highest BCUT2D eigenvalue weighted by molar-refractivity contribution is 9.10. The summed E-state index contributed by atoms with van der Waals surface area (Å²) in [6.45, 7) is 35.0. The molecule has 4 aromatic carbocycles. The number of nitrogen functional groups attached to an aromatic ring is 1. The molecule has 39 nitrogen and oxygen atoms in total. The lowest BCUT2D eigenvalue weighted by Gasteiger charge is -2.28. The molecule has 10 aromatic rings. The van der Waals surface area contributed by atoms with Crippen molar-refractivity contribution in [2.45, 2.75) is 285 Å². The van der Waals surface area contributed by atoms with E-state index in [1.54, 1.807) is 110 Å². The highest BCUT2D eigenvalue weighted by Gasteiger charge is 2.33. The fourth-order valence-corrected chi connectivity index (χ4v) is 24.3. The third kappa shape index (κ3) is 36.8. The molecule has 3 saturated carbocycles. The van der Waals surface area contributed by atoms with Crippen LogP contribution in [0.15, 0.2) is 140 Å². The second-order valence-corrected chi connectivity index (χ2v) is 58.0. The molecule has 3 aliphatic carbocycles. The van der Waals surface area contributed by atoms with E-state index in [2.05, 4.69) is 142 Å². The summed E-state index contributed by atoms with van der Waals surface area (Å²) in [5.74, 6) is 2.10. The maximum Gasteiger partial charge on any atom is 0.407 e. The normalized spacial score (nSPS) is 16.9. The van der Waals surface area contributed by atoms with E-state index >= 15 is 0 Å². The van der Waals surface area contributed by atoms with E-state index in [-0.39, 0.29) is 105 Å². The lowest BCUT2D eigenvalue weighted by Crippen LogP contribution is -2.38. The second-order valence-electron chi connectivity index (χ2n) is 36.0. The number of benzene rings is 4. The number of sulfonamides is 3. The van der Waals surface area contributed by atoms with Gasteiger partial charge in [-0.2, -0.15) is 18.5 Å². The van der Waals surface area contributed by atoms with E-state index in [1.807, 2.05) is 66.7 Å². The summed E-state index contributed by atoms with van der Waals surface area (Å²) < 4.78 is 147. The summed E-state index contributed by atoms with van der Waals surface area (Å²) in [6.07, 6.45) is 18.7. The first kappa shape index (κ1) is 113. The molecule has 137 heavy (non-hydrogen) atoms. The average molecular weight is 2130 g/mol. The number of amides is 3. The Morgan fingerprint density at radius 2 is 0.876 bits per heavy atom. The minimum Gasteiger partial charge on any atom is -0.447 e. The Bertz CT molecular complexity index is 5960. The van der Waals surface area contributed by atoms with Crippen molar-refractivity contribution in [1.82, 2.24) is 89.8 Å². The smallest absolute Gasteiger partial charge is 0.407 e. The van der Waals surface area contributed by atoms with E-state index in [4.69, 9.17) is 39.0 Å². The number of thiazole rings is 3. The van der Waals surface area contributed by atoms with Gasteiger partial charge in [0.1, 0.15) is 32.4 Å². The monoisotopic (exact) mass is 2130 g/mol. The number of hydrogen-bond acceptors (Lipinski definition) is 31. The number of anilines is 5. The number of aromatic amines is 1. The Balaban J connectivity index is 0.000000225. The summed E-state index contributed by atoms with van der Waals surface area (Å²) in [5, 5.41) is 40.0. The predicted molar refractivity (Wildman–Crippen MR) is 542 cm³/mol. The minimum atomic E-state index is -4.02. The summed E-state index contributed by atoms with van der Waals surface area (Å²) in [5.41, 5.74) is 9.44. The molecule has 0 bridgehead atoms. The van der Waals surface area contributed by atoms with Crippen LogP contribution in [0.3, 0.4) is 0 Å². The molecule has 3 amide bonds. The van der Waals surface area contributed by atoms with Crippen molar-refractivity contribution in [1.29, 1.82) is 0 Å². The molecule has 6 aromatic heterocycles. The molecule has 0 unspecified atom stereocenters. The zero-order chi connectivity index (χ0) is 99.3. The zero-order valence-corrected chi connectivity index (χ0v) is 89.5. The van der Waals surface area contributed by atoms with Crippen LogP contribution in [-0.2, 0) is 77.3 Å². The fourth-order valence-electron chi connectivity index (χ4n) is 14.4. The number of nitrogens with zero attached hydrogens (tertiary/aromatic N) is 11. The largest absolute Gasteiger partial charge is 0.447 e. The molecule has 6 heterocycles.